The fraction of sp³-hybridized carbons (Fsp3) is 0.250. The Kier molecular flexibility index (Phi) is 2.12. The number of rotatable bonds is 1. The lowest BCUT2D eigenvalue weighted by Crippen LogP contribution is -1.81. The fourth-order valence-electron chi connectivity index (χ4n) is 1.65. The molecule has 0 bridgehead atoms. The standard InChI is InChI=1S/C12H14N2/c1-8-9(2)12(14-10(8)3)11-4-6-13-7-5-11/h4-7,14H,1-3H3. The molecule has 0 spiro atoms. The Balaban J connectivity index is 2.58. The molecule has 0 saturated heterocycles. The topological polar surface area (TPSA) is 28.7 Å². The van der Waals surface area contributed by atoms with Crippen LogP contribution < -0.4 is 0 Å². The maximum Gasteiger partial charge on any atom is 0.0489 e. The van der Waals surface area contributed by atoms with E-state index in [1.165, 1.54) is 28.1 Å². The second-order valence-corrected chi connectivity index (χ2v) is 3.61. The predicted octanol–water partition coefficient (Wildman–Crippen LogP) is 3.00. The zero-order chi connectivity index (χ0) is 10.1. The van der Waals surface area contributed by atoms with Crippen molar-refractivity contribution in [2.24, 2.45) is 0 Å². The van der Waals surface area contributed by atoms with E-state index in [0.29, 0.717) is 0 Å². The summed E-state index contributed by atoms with van der Waals surface area (Å²) < 4.78 is 0. The van der Waals surface area contributed by atoms with Crippen LogP contribution in [0.4, 0.5) is 0 Å². The van der Waals surface area contributed by atoms with Crippen LogP contribution in [0.2, 0.25) is 0 Å². The van der Waals surface area contributed by atoms with E-state index < -0.39 is 0 Å². The molecule has 2 aromatic rings. The molecule has 0 fully saturated rings. The normalized spacial score (nSPS) is 10.5. The molecule has 2 rings (SSSR count). The molecule has 2 heteroatoms. The molecule has 0 atom stereocenters. The minimum atomic E-state index is 1.20. The van der Waals surface area contributed by atoms with Crippen molar-refractivity contribution in [3.8, 4) is 11.3 Å². The van der Waals surface area contributed by atoms with Gasteiger partial charge in [0, 0.05) is 29.3 Å². The summed E-state index contributed by atoms with van der Waals surface area (Å²) in [7, 11) is 0. The van der Waals surface area contributed by atoms with Crippen LogP contribution in [0.5, 0.6) is 0 Å². The number of H-pyrrole nitrogens is 1. The van der Waals surface area contributed by atoms with Crippen molar-refractivity contribution in [2.45, 2.75) is 20.8 Å². The summed E-state index contributed by atoms with van der Waals surface area (Å²) in [6.45, 7) is 6.40. The largest absolute Gasteiger partial charge is 0.358 e. The van der Waals surface area contributed by atoms with Gasteiger partial charge in [-0.25, -0.2) is 0 Å². The third-order valence-electron chi connectivity index (χ3n) is 2.78. The van der Waals surface area contributed by atoms with E-state index in [1.54, 1.807) is 0 Å². The molecule has 2 nitrogen and oxygen atoms in total. The van der Waals surface area contributed by atoms with Crippen molar-refractivity contribution < 1.29 is 0 Å². The van der Waals surface area contributed by atoms with Gasteiger partial charge in [0.1, 0.15) is 0 Å². The quantitative estimate of drug-likeness (QED) is 0.728. The van der Waals surface area contributed by atoms with Crippen molar-refractivity contribution >= 4 is 0 Å². The fourth-order valence-corrected chi connectivity index (χ4v) is 1.65. The third kappa shape index (κ3) is 1.33. The lowest BCUT2D eigenvalue weighted by Gasteiger charge is -1.99. The molecule has 0 aliphatic carbocycles. The molecule has 2 aromatic heterocycles. The Hall–Kier alpha value is -1.57. The molecule has 2 heterocycles. The van der Waals surface area contributed by atoms with Crippen molar-refractivity contribution in [2.75, 3.05) is 0 Å². The summed E-state index contributed by atoms with van der Waals surface area (Å²) in [6.07, 6.45) is 3.64. The van der Waals surface area contributed by atoms with E-state index in [9.17, 15) is 0 Å². The van der Waals surface area contributed by atoms with E-state index >= 15 is 0 Å². The summed E-state index contributed by atoms with van der Waals surface area (Å²) in [5, 5.41) is 0. The van der Waals surface area contributed by atoms with Gasteiger partial charge in [0.15, 0.2) is 0 Å². The molecule has 0 aliphatic rings. The molecule has 0 aliphatic heterocycles. The molecule has 0 amide bonds. The second-order valence-electron chi connectivity index (χ2n) is 3.61. The Labute approximate surface area is 84.0 Å². The first-order valence-electron chi connectivity index (χ1n) is 4.76. The average Bonchev–Trinajstić information content (AvgIpc) is 2.47. The van der Waals surface area contributed by atoms with Gasteiger partial charge in [0.25, 0.3) is 0 Å². The zero-order valence-electron chi connectivity index (χ0n) is 8.76. The molecule has 72 valence electrons. The summed E-state index contributed by atoms with van der Waals surface area (Å²) in [6, 6.07) is 4.05. The molecule has 0 aromatic carbocycles. The number of aromatic amines is 1. The van der Waals surface area contributed by atoms with Crippen LogP contribution >= 0.6 is 0 Å². The first kappa shape index (κ1) is 9.00. The third-order valence-corrected chi connectivity index (χ3v) is 2.78. The maximum absolute atomic E-state index is 4.02. The summed E-state index contributed by atoms with van der Waals surface area (Å²) in [4.78, 5) is 7.42. The number of aryl methyl sites for hydroxylation is 1. The highest BCUT2D eigenvalue weighted by atomic mass is 14.7. The Morgan fingerprint density at radius 1 is 1.00 bits per heavy atom. The van der Waals surface area contributed by atoms with Crippen molar-refractivity contribution in [1.29, 1.82) is 0 Å². The van der Waals surface area contributed by atoms with Crippen molar-refractivity contribution in [3.63, 3.8) is 0 Å². The van der Waals surface area contributed by atoms with E-state index in [1.807, 2.05) is 24.5 Å². The van der Waals surface area contributed by atoms with Gasteiger partial charge >= 0.3 is 0 Å². The SMILES string of the molecule is Cc1[nH]c(-c2ccncc2)c(C)c1C. The van der Waals surface area contributed by atoms with Crippen LogP contribution in [0.25, 0.3) is 11.3 Å². The molecule has 0 saturated carbocycles. The van der Waals surface area contributed by atoms with E-state index in [4.69, 9.17) is 0 Å². The highest BCUT2D eigenvalue weighted by molar-refractivity contribution is 5.65. The summed E-state index contributed by atoms with van der Waals surface area (Å²) >= 11 is 0. The van der Waals surface area contributed by atoms with Crippen molar-refractivity contribution in [1.82, 2.24) is 9.97 Å². The lowest BCUT2D eigenvalue weighted by molar-refractivity contribution is 1.23. The molecular weight excluding hydrogens is 172 g/mol. The first-order chi connectivity index (χ1) is 6.70. The second kappa shape index (κ2) is 3.29. The zero-order valence-corrected chi connectivity index (χ0v) is 8.76. The summed E-state index contributed by atoms with van der Waals surface area (Å²) in [5.74, 6) is 0. The molecule has 14 heavy (non-hydrogen) atoms. The number of hydrogen-bond donors (Lipinski definition) is 1. The van der Waals surface area contributed by atoms with Crippen LogP contribution in [0.15, 0.2) is 24.5 Å². The first-order valence-corrected chi connectivity index (χ1v) is 4.76. The van der Waals surface area contributed by atoms with Gasteiger partial charge in [-0.2, -0.15) is 0 Å². The van der Waals surface area contributed by atoms with Gasteiger partial charge in [0.05, 0.1) is 0 Å². The number of nitrogens with one attached hydrogen (secondary N) is 1. The average molecular weight is 186 g/mol. The minimum Gasteiger partial charge on any atom is -0.358 e. The molecule has 1 N–H and O–H groups in total. The maximum atomic E-state index is 4.02. The predicted molar refractivity (Wildman–Crippen MR) is 58.2 cm³/mol. The molecule has 0 unspecified atom stereocenters. The Morgan fingerprint density at radius 2 is 1.64 bits per heavy atom. The van der Waals surface area contributed by atoms with Gasteiger partial charge < -0.3 is 4.98 Å². The molecule has 0 radical (unpaired) electrons. The lowest BCUT2D eigenvalue weighted by atomic mass is 10.1. The number of aromatic nitrogens is 2. The number of hydrogen-bond acceptors (Lipinski definition) is 1. The van der Waals surface area contributed by atoms with E-state index in [2.05, 4.69) is 30.7 Å². The van der Waals surface area contributed by atoms with Crippen LogP contribution in [-0.4, -0.2) is 9.97 Å². The Bertz CT molecular complexity index is 441. The molecular formula is C12H14N2. The monoisotopic (exact) mass is 186 g/mol. The van der Waals surface area contributed by atoms with E-state index in [-0.39, 0.29) is 0 Å². The van der Waals surface area contributed by atoms with Crippen molar-refractivity contribution in [3.05, 3.63) is 41.3 Å². The Morgan fingerprint density at radius 3 is 2.14 bits per heavy atom. The number of nitrogens with zero attached hydrogens (tertiary/aromatic N) is 1. The highest BCUT2D eigenvalue weighted by Crippen LogP contribution is 2.25. The highest BCUT2D eigenvalue weighted by Gasteiger charge is 2.08. The van der Waals surface area contributed by atoms with Gasteiger partial charge in [-0.1, -0.05) is 0 Å². The van der Waals surface area contributed by atoms with Gasteiger partial charge in [-0.3, -0.25) is 4.98 Å². The van der Waals surface area contributed by atoms with Gasteiger partial charge in [-0.15, -0.1) is 0 Å². The van der Waals surface area contributed by atoms with Crippen LogP contribution in [0.1, 0.15) is 16.8 Å². The van der Waals surface area contributed by atoms with Crippen LogP contribution in [-0.2, 0) is 0 Å². The summed E-state index contributed by atoms with van der Waals surface area (Å²) in [5.41, 5.74) is 6.33. The van der Waals surface area contributed by atoms with Gasteiger partial charge in [0.2, 0.25) is 0 Å². The number of pyridine rings is 1. The van der Waals surface area contributed by atoms with Crippen LogP contribution in [0.3, 0.4) is 0 Å². The van der Waals surface area contributed by atoms with Crippen LogP contribution in [0, 0.1) is 20.8 Å². The minimum absolute atomic E-state index is 1.20. The van der Waals surface area contributed by atoms with Gasteiger partial charge in [-0.05, 0) is 44.0 Å². The van der Waals surface area contributed by atoms with E-state index in [0.717, 1.165) is 0 Å². The smallest absolute Gasteiger partial charge is 0.0489 e.